The van der Waals surface area contributed by atoms with Crippen LogP contribution in [-0.2, 0) is 21.2 Å². The maximum Gasteiger partial charge on any atom is 0.241 e. The first-order valence-electron chi connectivity index (χ1n) is 9.40. The molecule has 1 amide bonds. The highest BCUT2D eigenvalue weighted by atomic mass is 32.2. The molecule has 1 aliphatic rings. The SMILES string of the molecule is COc1ccc(N(CC(=O)N[C@@H]2CCCc3ccccc32)S(C)(=O)=O)c(OC)c1. The molecule has 0 aliphatic heterocycles. The van der Waals surface area contributed by atoms with Gasteiger partial charge >= 0.3 is 0 Å². The van der Waals surface area contributed by atoms with Crippen LogP contribution in [0.4, 0.5) is 5.69 Å². The molecule has 0 spiro atoms. The lowest BCUT2D eigenvalue weighted by atomic mass is 9.88. The first-order chi connectivity index (χ1) is 13.8. The molecule has 2 aromatic carbocycles. The molecule has 0 unspecified atom stereocenters. The zero-order valence-corrected chi connectivity index (χ0v) is 17.7. The number of carbonyl (C=O) groups excluding carboxylic acids is 1. The molecule has 1 atom stereocenters. The smallest absolute Gasteiger partial charge is 0.241 e. The Balaban J connectivity index is 1.83. The molecule has 0 heterocycles. The van der Waals surface area contributed by atoms with Crippen LogP contribution in [0.25, 0.3) is 0 Å². The van der Waals surface area contributed by atoms with E-state index in [9.17, 15) is 13.2 Å². The van der Waals surface area contributed by atoms with Crippen molar-refractivity contribution in [1.82, 2.24) is 5.32 Å². The van der Waals surface area contributed by atoms with Crippen molar-refractivity contribution in [2.75, 3.05) is 31.3 Å². The van der Waals surface area contributed by atoms with Crippen LogP contribution >= 0.6 is 0 Å². The average molecular weight is 419 g/mol. The van der Waals surface area contributed by atoms with Crippen LogP contribution in [-0.4, -0.2) is 41.3 Å². The third-order valence-electron chi connectivity index (χ3n) is 5.05. The van der Waals surface area contributed by atoms with Crippen LogP contribution < -0.4 is 19.1 Å². The maximum atomic E-state index is 12.8. The van der Waals surface area contributed by atoms with Crippen molar-refractivity contribution >= 4 is 21.6 Å². The van der Waals surface area contributed by atoms with Crippen LogP contribution in [0.3, 0.4) is 0 Å². The largest absolute Gasteiger partial charge is 0.497 e. The van der Waals surface area contributed by atoms with Crippen molar-refractivity contribution in [2.45, 2.75) is 25.3 Å². The van der Waals surface area contributed by atoms with E-state index in [2.05, 4.69) is 11.4 Å². The third-order valence-corrected chi connectivity index (χ3v) is 6.17. The summed E-state index contributed by atoms with van der Waals surface area (Å²) in [4.78, 5) is 12.8. The Bertz CT molecular complexity index is 990. The van der Waals surface area contributed by atoms with Crippen molar-refractivity contribution < 1.29 is 22.7 Å². The van der Waals surface area contributed by atoms with E-state index >= 15 is 0 Å². The molecule has 3 rings (SSSR count). The molecule has 0 bridgehead atoms. The second-order valence-electron chi connectivity index (χ2n) is 7.02. The average Bonchev–Trinajstić information content (AvgIpc) is 2.71. The van der Waals surface area contributed by atoms with E-state index in [1.165, 1.54) is 19.8 Å². The van der Waals surface area contributed by atoms with E-state index < -0.39 is 10.0 Å². The molecule has 0 saturated carbocycles. The Morgan fingerprint density at radius 1 is 1.17 bits per heavy atom. The number of hydrogen-bond acceptors (Lipinski definition) is 5. The summed E-state index contributed by atoms with van der Waals surface area (Å²) in [5, 5.41) is 3.00. The normalized spacial score (nSPS) is 15.9. The summed E-state index contributed by atoms with van der Waals surface area (Å²) < 4.78 is 36.4. The van der Waals surface area contributed by atoms with Crippen LogP contribution in [0.5, 0.6) is 11.5 Å². The Morgan fingerprint density at radius 2 is 1.93 bits per heavy atom. The molecule has 2 aromatic rings. The van der Waals surface area contributed by atoms with Gasteiger partial charge in [0.1, 0.15) is 18.0 Å². The van der Waals surface area contributed by atoms with Crippen molar-refractivity contribution in [3.63, 3.8) is 0 Å². The number of methoxy groups -OCH3 is 2. The van der Waals surface area contributed by atoms with Gasteiger partial charge < -0.3 is 14.8 Å². The number of benzene rings is 2. The summed E-state index contributed by atoms with van der Waals surface area (Å²) in [5.74, 6) is 0.475. The van der Waals surface area contributed by atoms with E-state index in [4.69, 9.17) is 9.47 Å². The summed E-state index contributed by atoms with van der Waals surface area (Å²) in [5.41, 5.74) is 2.61. The first kappa shape index (κ1) is 21.0. The summed E-state index contributed by atoms with van der Waals surface area (Å²) in [6, 6.07) is 12.7. The van der Waals surface area contributed by atoms with E-state index in [-0.39, 0.29) is 24.2 Å². The van der Waals surface area contributed by atoms with Crippen LogP contribution in [0.15, 0.2) is 42.5 Å². The van der Waals surface area contributed by atoms with Gasteiger partial charge in [0.15, 0.2) is 0 Å². The Labute approximate surface area is 171 Å². The van der Waals surface area contributed by atoms with Gasteiger partial charge in [-0.15, -0.1) is 0 Å². The van der Waals surface area contributed by atoms with Gasteiger partial charge in [0.05, 0.1) is 32.2 Å². The molecule has 0 fully saturated rings. The highest BCUT2D eigenvalue weighted by Gasteiger charge is 2.27. The highest BCUT2D eigenvalue weighted by molar-refractivity contribution is 7.92. The molecule has 1 N–H and O–H groups in total. The molecule has 8 heteroatoms. The Kier molecular flexibility index (Phi) is 6.32. The fourth-order valence-electron chi connectivity index (χ4n) is 3.65. The molecule has 0 radical (unpaired) electrons. The Morgan fingerprint density at radius 3 is 2.62 bits per heavy atom. The molecule has 0 saturated heterocycles. The molecular weight excluding hydrogens is 392 g/mol. The zero-order valence-electron chi connectivity index (χ0n) is 16.8. The number of anilines is 1. The number of sulfonamides is 1. The van der Waals surface area contributed by atoms with Crippen molar-refractivity contribution in [1.29, 1.82) is 0 Å². The minimum absolute atomic E-state index is 0.119. The second-order valence-corrected chi connectivity index (χ2v) is 8.93. The van der Waals surface area contributed by atoms with Crippen molar-refractivity contribution in [3.8, 4) is 11.5 Å². The molecule has 7 nitrogen and oxygen atoms in total. The number of ether oxygens (including phenoxy) is 2. The monoisotopic (exact) mass is 418 g/mol. The maximum absolute atomic E-state index is 12.8. The first-order valence-corrected chi connectivity index (χ1v) is 11.2. The van der Waals surface area contributed by atoms with Gasteiger partial charge in [-0.05, 0) is 42.5 Å². The quantitative estimate of drug-likeness (QED) is 0.747. The molecule has 156 valence electrons. The van der Waals surface area contributed by atoms with Gasteiger partial charge in [-0.2, -0.15) is 0 Å². The standard InChI is InChI=1S/C21H26N2O5S/c1-27-16-11-12-19(20(13-16)28-2)23(29(3,25)26)14-21(24)22-18-10-6-8-15-7-4-5-9-17(15)18/h4-5,7,9,11-13,18H,6,8,10,14H2,1-3H3,(H,22,24)/t18-/m1/s1. The van der Waals surface area contributed by atoms with Crippen LogP contribution in [0, 0.1) is 0 Å². The molecule has 0 aromatic heterocycles. The fraction of sp³-hybridized carbons (Fsp3) is 0.381. The number of carbonyl (C=O) groups is 1. The number of fused-ring (bicyclic) bond motifs is 1. The van der Waals surface area contributed by atoms with Crippen molar-refractivity contribution in [3.05, 3.63) is 53.6 Å². The van der Waals surface area contributed by atoms with Gasteiger partial charge in [-0.3, -0.25) is 9.10 Å². The number of nitrogens with one attached hydrogen (secondary N) is 1. The minimum atomic E-state index is -3.71. The molecule has 29 heavy (non-hydrogen) atoms. The minimum Gasteiger partial charge on any atom is -0.497 e. The Hall–Kier alpha value is -2.74. The molecule has 1 aliphatic carbocycles. The van der Waals surface area contributed by atoms with Crippen LogP contribution in [0.2, 0.25) is 0 Å². The predicted molar refractivity (Wildman–Crippen MR) is 112 cm³/mol. The number of amides is 1. The summed E-state index contributed by atoms with van der Waals surface area (Å²) in [6.45, 7) is -0.333. The van der Waals surface area contributed by atoms with Crippen molar-refractivity contribution in [2.24, 2.45) is 0 Å². The van der Waals surface area contributed by atoms with Gasteiger partial charge in [-0.25, -0.2) is 8.42 Å². The van der Waals surface area contributed by atoms with Gasteiger partial charge in [0.25, 0.3) is 0 Å². The summed E-state index contributed by atoms with van der Waals surface area (Å²) in [7, 11) is -0.760. The molecular formula is C21H26N2O5S. The highest BCUT2D eigenvalue weighted by Crippen LogP contribution is 2.34. The van der Waals surface area contributed by atoms with E-state index in [1.807, 2.05) is 18.2 Å². The number of rotatable bonds is 7. The van der Waals surface area contributed by atoms with Gasteiger partial charge in [0.2, 0.25) is 15.9 Å². The lowest BCUT2D eigenvalue weighted by Crippen LogP contribution is -2.42. The summed E-state index contributed by atoms with van der Waals surface area (Å²) in [6.07, 6.45) is 3.86. The predicted octanol–water partition coefficient (Wildman–Crippen LogP) is 2.66. The fourth-order valence-corrected chi connectivity index (χ4v) is 4.51. The van der Waals surface area contributed by atoms with E-state index in [0.717, 1.165) is 35.4 Å². The number of aryl methyl sites for hydroxylation is 1. The third kappa shape index (κ3) is 4.82. The topological polar surface area (TPSA) is 84.9 Å². The van der Waals surface area contributed by atoms with E-state index in [0.29, 0.717) is 11.5 Å². The second kappa shape index (κ2) is 8.73. The lowest BCUT2D eigenvalue weighted by Gasteiger charge is -2.28. The van der Waals surface area contributed by atoms with E-state index in [1.54, 1.807) is 18.2 Å². The zero-order chi connectivity index (χ0) is 21.0. The summed E-state index contributed by atoms with van der Waals surface area (Å²) >= 11 is 0. The van der Waals surface area contributed by atoms with Gasteiger partial charge in [-0.1, -0.05) is 24.3 Å². The van der Waals surface area contributed by atoms with Crippen LogP contribution in [0.1, 0.15) is 30.0 Å². The lowest BCUT2D eigenvalue weighted by molar-refractivity contribution is -0.120. The number of hydrogen-bond donors (Lipinski definition) is 1. The van der Waals surface area contributed by atoms with Gasteiger partial charge in [0, 0.05) is 6.07 Å². The number of nitrogens with zero attached hydrogens (tertiary/aromatic N) is 1.